The summed E-state index contributed by atoms with van der Waals surface area (Å²) in [7, 11) is 0. The molecule has 0 spiro atoms. The molecule has 0 radical (unpaired) electrons. The Hall–Kier alpha value is -2.33. The summed E-state index contributed by atoms with van der Waals surface area (Å²) in [4.78, 5) is 2.42. The molecule has 0 saturated carbocycles. The number of nitrogens with one attached hydrogen (secondary N) is 1. The molecule has 1 aromatic carbocycles. The first-order chi connectivity index (χ1) is 12.8. The molecule has 1 aliphatic rings. The van der Waals surface area contributed by atoms with E-state index < -0.39 is 6.10 Å². The molecule has 0 aliphatic carbocycles. The number of hydrogen-bond acceptors (Lipinski definition) is 6. The zero-order valence-corrected chi connectivity index (χ0v) is 14.8. The standard InChI is InChI=1S/C20H25N3O3/c21-12-16-5-7-18(8-6-16)26-15-17(24)13-22-14-19(20-4-3-11-25-20)23-9-1-2-10-23/h3-8,11,17,19,22,24H,1-2,9-10,13-15H2/t17-,19-/m0/s1. The first-order valence-corrected chi connectivity index (χ1v) is 9.05. The summed E-state index contributed by atoms with van der Waals surface area (Å²) in [5.41, 5.74) is 0.588. The molecule has 138 valence electrons. The van der Waals surface area contributed by atoms with Crippen LogP contribution in [0.2, 0.25) is 0 Å². The fraction of sp³-hybridized carbons (Fsp3) is 0.450. The quantitative estimate of drug-likeness (QED) is 0.718. The zero-order valence-electron chi connectivity index (χ0n) is 14.8. The SMILES string of the molecule is N#Cc1ccc(OC[C@@H](O)CNC[C@@H](c2ccco2)N2CCCC2)cc1. The molecule has 2 N–H and O–H groups in total. The third-order valence-electron chi connectivity index (χ3n) is 4.60. The monoisotopic (exact) mass is 355 g/mol. The zero-order chi connectivity index (χ0) is 18.2. The average molecular weight is 355 g/mol. The summed E-state index contributed by atoms with van der Waals surface area (Å²) in [6.07, 6.45) is 3.54. The number of furan rings is 1. The molecule has 0 unspecified atom stereocenters. The van der Waals surface area contributed by atoms with Gasteiger partial charge in [0.05, 0.1) is 23.9 Å². The molecular weight excluding hydrogens is 330 g/mol. The van der Waals surface area contributed by atoms with Gasteiger partial charge in [-0.15, -0.1) is 0 Å². The molecule has 6 heteroatoms. The van der Waals surface area contributed by atoms with Gasteiger partial charge in [-0.3, -0.25) is 4.90 Å². The topological polar surface area (TPSA) is 81.7 Å². The minimum Gasteiger partial charge on any atom is -0.491 e. The number of aliphatic hydroxyl groups is 1. The van der Waals surface area contributed by atoms with Crippen LogP contribution in [0.15, 0.2) is 47.1 Å². The number of hydrogen-bond donors (Lipinski definition) is 2. The Labute approximate surface area is 154 Å². The lowest BCUT2D eigenvalue weighted by atomic mass is 10.2. The smallest absolute Gasteiger partial charge is 0.122 e. The molecule has 0 amide bonds. The summed E-state index contributed by atoms with van der Waals surface area (Å²) < 4.78 is 11.2. The van der Waals surface area contributed by atoms with Crippen molar-refractivity contribution in [3.05, 3.63) is 54.0 Å². The molecule has 1 aliphatic heterocycles. The van der Waals surface area contributed by atoms with Crippen LogP contribution in [0.5, 0.6) is 5.75 Å². The lowest BCUT2D eigenvalue weighted by Gasteiger charge is -2.26. The van der Waals surface area contributed by atoms with Gasteiger partial charge in [0, 0.05) is 13.1 Å². The highest BCUT2D eigenvalue weighted by Gasteiger charge is 2.25. The van der Waals surface area contributed by atoms with Crippen molar-refractivity contribution in [3.8, 4) is 11.8 Å². The minimum atomic E-state index is -0.610. The molecule has 1 saturated heterocycles. The lowest BCUT2D eigenvalue weighted by Crippen LogP contribution is -2.38. The van der Waals surface area contributed by atoms with Crippen molar-refractivity contribution in [1.82, 2.24) is 10.2 Å². The van der Waals surface area contributed by atoms with Crippen molar-refractivity contribution in [2.75, 3.05) is 32.8 Å². The first kappa shape index (κ1) is 18.5. The number of nitrogens with zero attached hydrogens (tertiary/aromatic N) is 2. The largest absolute Gasteiger partial charge is 0.491 e. The third kappa shape index (κ3) is 5.09. The van der Waals surface area contributed by atoms with Gasteiger partial charge in [0.25, 0.3) is 0 Å². The molecule has 2 heterocycles. The predicted octanol–water partition coefficient (Wildman–Crippen LogP) is 2.32. The maximum Gasteiger partial charge on any atom is 0.122 e. The average Bonchev–Trinajstić information content (AvgIpc) is 3.38. The maximum absolute atomic E-state index is 10.1. The van der Waals surface area contributed by atoms with Gasteiger partial charge in [0.2, 0.25) is 0 Å². The molecule has 3 rings (SSSR count). The number of benzene rings is 1. The molecule has 1 aromatic heterocycles. The van der Waals surface area contributed by atoms with Gasteiger partial charge in [-0.2, -0.15) is 5.26 Å². The Morgan fingerprint density at radius 2 is 1.96 bits per heavy atom. The molecule has 1 fully saturated rings. The van der Waals surface area contributed by atoms with E-state index in [0.717, 1.165) is 25.4 Å². The highest BCUT2D eigenvalue weighted by atomic mass is 16.5. The van der Waals surface area contributed by atoms with Crippen molar-refractivity contribution in [1.29, 1.82) is 5.26 Å². The van der Waals surface area contributed by atoms with E-state index in [4.69, 9.17) is 14.4 Å². The predicted molar refractivity (Wildman–Crippen MR) is 97.8 cm³/mol. The first-order valence-electron chi connectivity index (χ1n) is 9.05. The Morgan fingerprint density at radius 1 is 1.19 bits per heavy atom. The van der Waals surface area contributed by atoms with E-state index in [-0.39, 0.29) is 12.6 Å². The van der Waals surface area contributed by atoms with Gasteiger partial charge in [0.15, 0.2) is 0 Å². The van der Waals surface area contributed by atoms with E-state index in [1.807, 2.05) is 12.1 Å². The van der Waals surface area contributed by atoms with Gasteiger partial charge in [-0.1, -0.05) is 0 Å². The van der Waals surface area contributed by atoms with E-state index in [1.54, 1.807) is 30.5 Å². The van der Waals surface area contributed by atoms with Gasteiger partial charge in [-0.25, -0.2) is 0 Å². The highest BCUT2D eigenvalue weighted by Crippen LogP contribution is 2.24. The number of likely N-dealkylation sites (tertiary alicyclic amines) is 1. The minimum absolute atomic E-state index is 0.194. The van der Waals surface area contributed by atoms with Gasteiger partial charge in [-0.05, 0) is 62.3 Å². The molecule has 2 aromatic rings. The summed E-state index contributed by atoms with van der Waals surface area (Å²) >= 11 is 0. The summed E-state index contributed by atoms with van der Waals surface area (Å²) in [5.74, 6) is 1.61. The lowest BCUT2D eigenvalue weighted by molar-refractivity contribution is 0.103. The van der Waals surface area contributed by atoms with Crippen LogP contribution in [-0.2, 0) is 0 Å². The number of ether oxygens (including phenoxy) is 1. The van der Waals surface area contributed by atoms with Gasteiger partial charge in [0.1, 0.15) is 24.2 Å². The highest BCUT2D eigenvalue weighted by molar-refractivity contribution is 5.34. The molecular formula is C20H25N3O3. The van der Waals surface area contributed by atoms with Crippen LogP contribution in [0, 0.1) is 11.3 Å². The van der Waals surface area contributed by atoms with Crippen LogP contribution in [0.3, 0.4) is 0 Å². The summed E-state index contributed by atoms with van der Waals surface area (Å²) in [5, 5.41) is 22.3. The number of nitriles is 1. The maximum atomic E-state index is 10.1. The molecule has 2 atom stereocenters. The van der Waals surface area contributed by atoms with Gasteiger partial charge < -0.3 is 19.6 Å². The van der Waals surface area contributed by atoms with Crippen molar-refractivity contribution in [3.63, 3.8) is 0 Å². The summed E-state index contributed by atoms with van der Waals surface area (Å²) in [6, 6.07) is 13.1. The fourth-order valence-electron chi connectivity index (χ4n) is 3.21. The molecule has 6 nitrogen and oxygen atoms in total. The van der Waals surface area contributed by atoms with Crippen molar-refractivity contribution < 1.29 is 14.3 Å². The fourth-order valence-corrected chi connectivity index (χ4v) is 3.21. The van der Waals surface area contributed by atoms with Crippen molar-refractivity contribution >= 4 is 0 Å². The second-order valence-corrected chi connectivity index (χ2v) is 6.53. The second-order valence-electron chi connectivity index (χ2n) is 6.53. The Balaban J connectivity index is 1.42. The van der Waals surface area contributed by atoms with E-state index in [0.29, 0.717) is 17.9 Å². The van der Waals surface area contributed by atoms with E-state index in [1.165, 1.54) is 12.8 Å². The Kier molecular flexibility index (Phi) is 6.67. The Bertz CT molecular complexity index is 688. The number of aliphatic hydroxyl groups excluding tert-OH is 1. The van der Waals surface area contributed by atoms with E-state index in [2.05, 4.69) is 16.3 Å². The normalized spacial score (nSPS) is 16.9. The van der Waals surface area contributed by atoms with Crippen LogP contribution >= 0.6 is 0 Å². The number of rotatable bonds is 9. The van der Waals surface area contributed by atoms with E-state index in [9.17, 15) is 5.11 Å². The van der Waals surface area contributed by atoms with Gasteiger partial charge >= 0.3 is 0 Å². The Morgan fingerprint density at radius 3 is 2.62 bits per heavy atom. The third-order valence-corrected chi connectivity index (χ3v) is 4.60. The van der Waals surface area contributed by atoms with Crippen molar-refractivity contribution in [2.45, 2.75) is 25.0 Å². The van der Waals surface area contributed by atoms with Crippen LogP contribution in [0.1, 0.15) is 30.2 Å². The molecule has 0 bridgehead atoms. The van der Waals surface area contributed by atoms with Crippen LogP contribution < -0.4 is 10.1 Å². The van der Waals surface area contributed by atoms with E-state index >= 15 is 0 Å². The molecule has 26 heavy (non-hydrogen) atoms. The van der Waals surface area contributed by atoms with Crippen LogP contribution in [-0.4, -0.2) is 48.9 Å². The van der Waals surface area contributed by atoms with Crippen LogP contribution in [0.4, 0.5) is 0 Å². The summed E-state index contributed by atoms with van der Waals surface area (Å²) in [6.45, 7) is 3.53. The van der Waals surface area contributed by atoms with Crippen molar-refractivity contribution in [2.24, 2.45) is 0 Å². The van der Waals surface area contributed by atoms with Crippen LogP contribution in [0.25, 0.3) is 0 Å². The second kappa shape index (κ2) is 9.39.